The van der Waals surface area contributed by atoms with Crippen molar-refractivity contribution in [1.29, 1.82) is 0 Å². The van der Waals surface area contributed by atoms with Gasteiger partial charge in [0.1, 0.15) is 18.5 Å². The lowest BCUT2D eigenvalue weighted by Gasteiger charge is -2.21. The number of aliphatic hydroxyl groups is 2. The molecule has 0 radical (unpaired) electrons. The van der Waals surface area contributed by atoms with Crippen LogP contribution in [0, 0.1) is 24.7 Å². The van der Waals surface area contributed by atoms with Gasteiger partial charge in [-0.05, 0) is 44.2 Å². The van der Waals surface area contributed by atoms with Gasteiger partial charge in [-0.1, -0.05) is 43.2 Å². The largest absolute Gasteiger partial charge is 0.491 e. The molecule has 7 atom stereocenters. The Morgan fingerprint density at radius 1 is 1.27 bits per heavy atom. The molecule has 1 saturated heterocycles. The van der Waals surface area contributed by atoms with Crippen LogP contribution < -0.4 is 4.74 Å². The Kier molecular flexibility index (Phi) is 9.74. The van der Waals surface area contributed by atoms with Gasteiger partial charge in [-0.15, -0.1) is 0 Å². The van der Waals surface area contributed by atoms with E-state index in [1.54, 1.807) is 6.08 Å². The van der Waals surface area contributed by atoms with Gasteiger partial charge in [0.15, 0.2) is 6.10 Å². The fourth-order valence-electron chi connectivity index (χ4n) is 4.77. The van der Waals surface area contributed by atoms with Gasteiger partial charge < -0.3 is 29.5 Å². The van der Waals surface area contributed by atoms with Crippen molar-refractivity contribution in [2.24, 2.45) is 17.8 Å². The topological polar surface area (TPSA) is 105 Å². The Balaban J connectivity index is 1.49. The Morgan fingerprint density at radius 3 is 2.73 bits per heavy atom. The number of aliphatic hydroxyl groups excluding tert-OH is 2. The number of hydrogen-bond acceptors (Lipinski definition) is 6. The molecule has 1 aromatic rings. The summed E-state index contributed by atoms with van der Waals surface area (Å²) in [6.07, 6.45) is 5.09. The zero-order chi connectivity index (χ0) is 23.8. The molecule has 1 aliphatic heterocycles. The molecule has 7 nitrogen and oxygen atoms in total. The second kappa shape index (κ2) is 12.5. The first-order chi connectivity index (χ1) is 15.9. The lowest BCUT2D eigenvalue weighted by molar-refractivity contribution is -0.152. The SMILES string of the molecule is CCCC(OC[C@@H]1CC[C@@H]2[C@@H](C=C[C@@H](O)COc3ccc(C)cc3)[C@H](O)C[C@@H]2OC1)C(=O)O. The van der Waals surface area contributed by atoms with Crippen LogP contribution in [0.3, 0.4) is 0 Å². The summed E-state index contributed by atoms with van der Waals surface area (Å²) in [5.74, 6) is 0.0162. The number of rotatable bonds is 11. The number of benzene rings is 1. The van der Waals surface area contributed by atoms with E-state index in [9.17, 15) is 20.1 Å². The Labute approximate surface area is 196 Å². The number of fused-ring (bicyclic) bond motifs is 1. The summed E-state index contributed by atoms with van der Waals surface area (Å²) in [5.41, 5.74) is 1.15. The molecule has 7 heteroatoms. The van der Waals surface area contributed by atoms with E-state index in [1.807, 2.05) is 44.2 Å². The third-order valence-corrected chi connectivity index (χ3v) is 6.70. The van der Waals surface area contributed by atoms with Crippen LogP contribution in [0.5, 0.6) is 5.75 Å². The average molecular weight is 463 g/mol. The fourth-order valence-corrected chi connectivity index (χ4v) is 4.77. The van der Waals surface area contributed by atoms with Gasteiger partial charge in [-0.3, -0.25) is 0 Å². The molecule has 2 fully saturated rings. The number of ether oxygens (including phenoxy) is 3. The molecule has 1 aliphatic carbocycles. The molecule has 3 rings (SSSR count). The Hall–Kier alpha value is -1.93. The van der Waals surface area contributed by atoms with E-state index in [1.165, 1.54) is 0 Å². The molecule has 1 saturated carbocycles. The highest BCUT2D eigenvalue weighted by Gasteiger charge is 2.43. The molecule has 0 spiro atoms. The van der Waals surface area contributed by atoms with Crippen LogP contribution in [0.15, 0.2) is 36.4 Å². The summed E-state index contributed by atoms with van der Waals surface area (Å²) in [7, 11) is 0. The lowest BCUT2D eigenvalue weighted by Crippen LogP contribution is -2.27. The molecule has 33 heavy (non-hydrogen) atoms. The molecule has 1 aromatic carbocycles. The normalized spacial score (nSPS) is 29.4. The van der Waals surface area contributed by atoms with Crippen molar-refractivity contribution in [3.63, 3.8) is 0 Å². The van der Waals surface area contributed by atoms with Crippen molar-refractivity contribution >= 4 is 5.97 Å². The monoisotopic (exact) mass is 462 g/mol. The Morgan fingerprint density at radius 2 is 2.03 bits per heavy atom. The maximum Gasteiger partial charge on any atom is 0.332 e. The second-order valence-electron chi connectivity index (χ2n) is 9.38. The summed E-state index contributed by atoms with van der Waals surface area (Å²) in [5, 5.41) is 30.2. The van der Waals surface area contributed by atoms with Gasteiger partial charge in [0, 0.05) is 18.3 Å². The minimum absolute atomic E-state index is 0.0356. The second-order valence-corrected chi connectivity index (χ2v) is 9.38. The highest BCUT2D eigenvalue weighted by atomic mass is 16.5. The highest BCUT2D eigenvalue weighted by molar-refractivity contribution is 5.72. The van der Waals surface area contributed by atoms with Crippen molar-refractivity contribution in [3.8, 4) is 5.75 Å². The maximum atomic E-state index is 11.3. The summed E-state index contributed by atoms with van der Waals surface area (Å²) < 4.78 is 17.4. The van der Waals surface area contributed by atoms with Crippen LogP contribution in [-0.4, -0.2) is 65.5 Å². The van der Waals surface area contributed by atoms with Gasteiger partial charge in [0.05, 0.1) is 25.4 Å². The first-order valence-corrected chi connectivity index (χ1v) is 12.1. The molecule has 0 aromatic heterocycles. The molecule has 0 amide bonds. The van der Waals surface area contributed by atoms with E-state index in [4.69, 9.17) is 14.2 Å². The van der Waals surface area contributed by atoms with E-state index in [0.717, 1.165) is 24.8 Å². The molecular formula is C26H38O7. The van der Waals surface area contributed by atoms with Crippen LogP contribution in [0.4, 0.5) is 0 Å². The van der Waals surface area contributed by atoms with Crippen LogP contribution in [0.1, 0.15) is 44.6 Å². The van der Waals surface area contributed by atoms with Crippen LogP contribution in [-0.2, 0) is 14.3 Å². The molecule has 1 heterocycles. The van der Waals surface area contributed by atoms with E-state index < -0.39 is 24.3 Å². The highest BCUT2D eigenvalue weighted by Crippen LogP contribution is 2.41. The first-order valence-electron chi connectivity index (χ1n) is 12.1. The van der Waals surface area contributed by atoms with Crippen molar-refractivity contribution < 1.29 is 34.3 Å². The lowest BCUT2D eigenvalue weighted by atomic mass is 9.87. The summed E-state index contributed by atoms with van der Waals surface area (Å²) >= 11 is 0. The van der Waals surface area contributed by atoms with E-state index in [-0.39, 0.29) is 30.5 Å². The minimum atomic E-state index is -0.915. The smallest absolute Gasteiger partial charge is 0.332 e. The fraction of sp³-hybridized carbons (Fsp3) is 0.654. The van der Waals surface area contributed by atoms with Crippen molar-refractivity contribution in [1.82, 2.24) is 0 Å². The minimum Gasteiger partial charge on any atom is -0.491 e. The van der Waals surface area contributed by atoms with Crippen molar-refractivity contribution in [2.75, 3.05) is 19.8 Å². The number of hydrogen-bond donors (Lipinski definition) is 3. The van der Waals surface area contributed by atoms with Crippen LogP contribution in [0.2, 0.25) is 0 Å². The third kappa shape index (κ3) is 7.54. The summed E-state index contributed by atoms with van der Waals surface area (Å²) in [6, 6.07) is 7.67. The summed E-state index contributed by atoms with van der Waals surface area (Å²) in [6.45, 7) is 4.98. The molecule has 1 unspecified atom stereocenters. The maximum absolute atomic E-state index is 11.3. The van der Waals surface area contributed by atoms with E-state index in [2.05, 4.69) is 0 Å². The van der Waals surface area contributed by atoms with E-state index >= 15 is 0 Å². The predicted molar refractivity (Wildman–Crippen MR) is 124 cm³/mol. The van der Waals surface area contributed by atoms with Crippen LogP contribution >= 0.6 is 0 Å². The zero-order valence-corrected chi connectivity index (χ0v) is 19.6. The van der Waals surface area contributed by atoms with Gasteiger partial charge in [0.2, 0.25) is 0 Å². The summed E-state index contributed by atoms with van der Waals surface area (Å²) in [4.78, 5) is 11.3. The first kappa shape index (κ1) is 25.7. The molecule has 0 bridgehead atoms. The predicted octanol–water partition coefficient (Wildman–Crippen LogP) is 3.35. The van der Waals surface area contributed by atoms with Gasteiger partial charge in [-0.25, -0.2) is 4.79 Å². The van der Waals surface area contributed by atoms with Gasteiger partial charge in [-0.2, -0.15) is 0 Å². The van der Waals surface area contributed by atoms with Gasteiger partial charge >= 0.3 is 5.97 Å². The van der Waals surface area contributed by atoms with Crippen LogP contribution in [0.25, 0.3) is 0 Å². The number of carboxylic acids is 1. The van der Waals surface area contributed by atoms with E-state index in [0.29, 0.717) is 31.8 Å². The molecule has 184 valence electrons. The molecule has 2 aliphatic rings. The number of aryl methyl sites for hydroxylation is 1. The number of carbonyl (C=O) groups is 1. The zero-order valence-electron chi connectivity index (χ0n) is 19.6. The number of carboxylic acid groups (broad SMARTS) is 1. The van der Waals surface area contributed by atoms with Crippen molar-refractivity contribution in [3.05, 3.63) is 42.0 Å². The number of aliphatic carboxylic acids is 1. The average Bonchev–Trinajstić information content (AvgIpc) is 2.95. The third-order valence-electron chi connectivity index (χ3n) is 6.70. The Bertz CT molecular complexity index is 762. The van der Waals surface area contributed by atoms with Gasteiger partial charge in [0.25, 0.3) is 0 Å². The van der Waals surface area contributed by atoms with Crippen molar-refractivity contribution in [2.45, 2.75) is 70.4 Å². The standard InChI is InChI=1S/C26H38O7/c1-3-4-24(26(29)30)32-14-18-7-11-22-21(23(28)13-25(22)33-15-18)12-8-19(27)16-31-20-9-5-17(2)6-10-20/h5-6,8-10,12,18-19,21-25,27-28H,3-4,7,11,13-16H2,1-2H3,(H,29,30)/t18-,19+,21+,22+,23+,24?,25-/m0/s1. The molecular weight excluding hydrogens is 424 g/mol. The quantitative estimate of drug-likeness (QED) is 0.433. The molecule has 3 N–H and O–H groups in total.